The highest BCUT2D eigenvalue weighted by Gasteiger charge is 2.10. The molecule has 0 spiro atoms. The molecule has 0 aliphatic carbocycles. The van der Waals surface area contributed by atoms with Crippen LogP contribution in [-0.2, 0) is 6.42 Å². The van der Waals surface area contributed by atoms with E-state index in [4.69, 9.17) is 4.42 Å². The SMILES string of the molecule is CCc1ccc(C(=O)NN(C)C)o1. The van der Waals surface area contributed by atoms with Crippen molar-refractivity contribution in [3.8, 4) is 0 Å². The number of aryl methyl sites for hydroxylation is 1. The minimum Gasteiger partial charge on any atom is -0.456 e. The summed E-state index contributed by atoms with van der Waals surface area (Å²) in [5.41, 5.74) is 2.60. The summed E-state index contributed by atoms with van der Waals surface area (Å²) in [6.07, 6.45) is 0.801. The Hall–Kier alpha value is -1.29. The van der Waals surface area contributed by atoms with Gasteiger partial charge in [0.15, 0.2) is 5.76 Å². The van der Waals surface area contributed by atoms with E-state index >= 15 is 0 Å². The van der Waals surface area contributed by atoms with Crippen LogP contribution in [0.4, 0.5) is 0 Å². The number of amides is 1. The fourth-order valence-corrected chi connectivity index (χ4v) is 0.948. The summed E-state index contributed by atoms with van der Waals surface area (Å²) < 4.78 is 5.26. The molecule has 0 atom stereocenters. The molecule has 4 nitrogen and oxygen atoms in total. The van der Waals surface area contributed by atoms with E-state index in [9.17, 15) is 4.79 Å². The van der Waals surface area contributed by atoms with Gasteiger partial charge in [0.25, 0.3) is 0 Å². The summed E-state index contributed by atoms with van der Waals surface area (Å²) in [6.45, 7) is 1.98. The van der Waals surface area contributed by atoms with Crippen LogP contribution in [0.3, 0.4) is 0 Å². The first-order valence-electron chi connectivity index (χ1n) is 4.20. The number of hydrazine groups is 1. The van der Waals surface area contributed by atoms with Gasteiger partial charge in [0, 0.05) is 20.5 Å². The van der Waals surface area contributed by atoms with E-state index in [2.05, 4.69) is 5.43 Å². The molecule has 0 radical (unpaired) electrons. The maximum atomic E-state index is 11.3. The van der Waals surface area contributed by atoms with Crippen molar-refractivity contribution in [2.45, 2.75) is 13.3 Å². The van der Waals surface area contributed by atoms with Crippen molar-refractivity contribution in [1.82, 2.24) is 10.4 Å². The standard InChI is InChI=1S/C9H14N2O2/c1-4-7-5-6-8(13-7)9(12)10-11(2)3/h5-6H,4H2,1-3H3,(H,10,12). The van der Waals surface area contributed by atoms with Gasteiger partial charge < -0.3 is 4.42 Å². The average Bonchev–Trinajstić information content (AvgIpc) is 2.50. The van der Waals surface area contributed by atoms with E-state index in [0.29, 0.717) is 5.76 Å². The smallest absolute Gasteiger partial charge is 0.301 e. The first-order valence-corrected chi connectivity index (χ1v) is 4.20. The zero-order valence-electron chi connectivity index (χ0n) is 8.13. The van der Waals surface area contributed by atoms with Crippen LogP contribution in [0.2, 0.25) is 0 Å². The van der Waals surface area contributed by atoms with Crippen LogP contribution in [0.1, 0.15) is 23.2 Å². The summed E-state index contributed by atoms with van der Waals surface area (Å²) in [7, 11) is 3.50. The predicted octanol–water partition coefficient (Wildman–Crippen LogP) is 1.05. The number of rotatable bonds is 3. The van der Waals surface area contributed by atoms with E-state index in [1.807, 2.05) is 13.0 Å². The maximum absolute atomic E-state index is 11.3. The minimum absolute atomic E-state index is 0.218. The lowest BCUT2D eigenvalue weighted by Gasteiger charge is -2.09. The summed E-state index contributed by atoms with van der Waals surface area (Å²) in [5.74, 6) is 0.958. The van der Waals surface area contributed by atoms with Gasteiger partial charge in [-0.25, -0.2) is 5.01 Å². The van der Waals surface area contributed by atoms with E-state index in [-0.39, 0.29) is 5.91 Å². The van der Waals surface area contributed by atoms with Crippen LogP contribution in [0, 0.1) is 0 Å². The third-order valence-corrected chi connectivity index (χ3v) is 1.56. The number of carbonyl (C=O) groups excluding carboxylic acids is 1. The molecule has 0 fully saturated rings. The highest BCUT2D eigenvalue weighted by atomic mass is 16.4. The van der Waals surface area contributed by atoms with Crippen LogP contribution < -0.4 is 5.43 Å². The normalized spacial score (nSPS) is 10.5. The van der Waals surface area contributed by atoms with Gasteiger partial charge in [-0.1, -0.05) is 6.92 Å². The molecule has 0 bridgehead atoms. The largest absolute Gasteiger partial charge is 0.456 e. The van der Waals surface area contributed by atoms with E-state index in [1.54, 1.807) is 25.2 Å². The molecule has 1 heterocycles. The Morgan fingerprint density at radius 1 is 1.54 bits per heavy atom. The third kappa shape index (κ3) is 2.59. The monoisotopic (exact) mass is 182 g/mol. The minimum atomic E-state index is -0.218. The Labute approximate surface area is 77.5 Å². The predicted molar refractivity (Wildman–Crippen MR) is 49.2 cm³/mol. The van der Waals surface area contributed by atoms with Crippen molar-refractivity contribution in [3.63, 3.8) is 0 Å². The van der Waals surface area contributed by atoms with Gasteiger partial charge in [0.2, 0.25) is 0 Å². The summed E-state index contributed by atoms with van der Waals surface area (Å²) in [5, 5.41) is 1.58. The molecule has 0 aliphatic heterocycles. The van der Waals surface area contributed by atoms with Gasteiger partial charge in [-0.15, -0.1) is 0 Å². The number of nitrogens with zero attached hydrogens (tertiary/aromatic N) is 1. The molecule has 1 amide bonds. The highest BCUT2D eigenvalue weighted by molar-refractivity contribution is 5.91. The first kappa shape index (κ1) is 9.80. The number of hydrogen-bond acceptors (Lipinski definition) is 3. The molecule has 72 valence electrons. The molecule has 4 heteroatoms. The Balaban J connectivity index is 2.66. The lowest BCUT2D eigenvalue weighted by molar-refractivity contribution is 0.0826. The quantitative estimate of drug-likeness (QED) is 0.711. The first-order chi connectivity index (χ1) is 6.13. The van der Waals surface area contributed by atoms with Crippen molar-refractivity contribution in [2.24, 2.45) is 0 Å². The van der Waals surface area contributed by atoms with Crippen LogP contribution in [-0.4, -0.2) is 25.0 Å². The van der Waals surface area contributed by atoms with Gasteiger partial charge in [-0.3, -0.25) is 10.2 Å². The Morgan fingerprint density at radius 3 is 2.69 bits per heavy atom. The van der Waals surface area contributed by atoms with Crippen LogP contribution in [0.5, 0.6) is 0 Å². The Bertz CT molecular complexity index is 292. The van der Waals surface area contributed by atoms with Gasteiger partial charge in [-0.05, 0) is 12.1 Å². The fraction of sp³-hybridized carbons (Fsp3) is 0.444. The summed E-state index contributed by atoms with van der Waals surface area (Å²) >= 11 is 0. The van der Waals surface area contributed by atoms with Crippen molar-refractivity contribution < 1.29 is 9.21 Å². The second-order valence-electron chi connectivity index (χ2n) is 2.95. The van der Waals surface area contributed by atoms with Crippen LogP contribution in [0.25, 0.3) is 0 Å². The molecular formula is C9H14N2O2. The third-order valence-electron chi connectivity index (χ3n) is 1.56. The van der Waals surface area contributed by atoms with Gasteiger partial charge >= 0.3 is 5.91 Å². The molecular weight excluding hydrogens is 168 g/mol. The van der Waals surface area contributed by atoms with Crippen molar-refractivity contribution in [3.05, 3.63) is 23.7 Å². The van der Waals surface area contributed by atoms with Crippen LogP contribution >= 0.6 is 0 Å². The molecule has 1 rings (SSSR count). The van der Waals surface area contributed by atoms with E-state index < -0.39 is 0 Å². The molecule has 1 aromatic rings. The lowest BCUT2D eigenvalue weighted by atomic mass is 10.3. The number of furan rings is 1. The molecule has 1 aromatic heterocycles. The van der Waals surface area contributed by atoms with Gasteiger partial charge in [-0.2, -0.15) is 0 Å². The fourth-order valence-electron chi connectivity index (χ4n) is 0.948. The number of carbonyl (C=O) groups is 1. The molecule has 13 heavy (non-hydrogen) atoms. The second kappa shape index (κ2) is 4.09. The molecule has 0 unspecified atom stereocenters. The zero-order chi connectivity index (χ0) is 9.84. The van der Waals surface area contributed by atoms with Crippen molar-refractivity contribution >= 4 is 5.91 Å². The Morgan fingerprint density at radius 2 is 2.23 bits per heavy atom. The topological polar surface area (TPSA) is 45.5 Å². The maximum Gasteiger partial charge on any atom is 0.301 e. The summed E-state index contributed by atoms with van der Waals surface area (Å²) in [6, 6.07) is 3.49. The van der Waals surface area contributed by atoms with Gasteiger partial charge in [0.05, 0.1) is 0 Å². The molecule has 0 aliphatic rings. The zero-order valence-corrected chi connectivity index (χ0v) is 8.13. The second-order valence-corrected chi connectivity index (χ2v) is 2.95. The molecule has 1 N–H and O–H groups in total. The van der Waals surface area contributed by atoms with Crippen molar-refractivity contribution in [1.29, 1.82) is 0 Å². The van der Waals surface area contributed by atoms with E-state index in [1.165, 1.54) is 0 Å². The molecule has 0 saturated heterocycles. The lowest BCUT2D eigenvalue weighted by Crippen LogP contribution is -2.35. The van der Waals surface area contributed by atoms with Crippen LogP contribution in [0.15, 0.2) is 16.5 Å². The van der Waals surface area contributed by atoms with E-state index in [0.717, 1.165) is 12.2 Å². The summed E-state index contributed by atoms with van der Waals surface area (Å²) in [4.78, 5) is 11.3. The molecule has 0 aromatic carbocycles. The number of nitrogens with one attached hydrogen (secondary N) is 1. The Kier molecular flexibility index (Phi) is 3.08. The molecule has 0 saturated carbocycles. The number of hydrogen-bond donors (Lipinski definition) is 1. The highest BCUT2D eigenvalue weighted by Crippen LogP contribution is 2.07. The van der Waals surface area contributed by atoms with Crippen molar-refractivity contribution in [2.75, 3.05) is 14.1 Å². The van der Waals surface area contributed by atoms with Gasteiger partial charge in [0.1, 0.15) is 5.76 Å². The average molecular weight is 182 g/mol.